The highest BCUT2D eigenvalue weighted by Crippen LogP contribution is 2.34. The third kappa shape index (κ3) is 1.89. The van der Waals surface area contributed by atoms with Crippen molar-refractivity contribution in [1.82, 2.24) is 0 Å². The molecular formula is C14H8ClIN2O2. The van der Waals surface area contributed by atoms with Crippen LogP contribution in [0.25, 0.3) is 0 Å². The van der Waals surface area contributed by atoms with Gasteiger partial charge in [0.1, 0.15) is 0 Å². The molecule has 100 valence electrons. The molecule has 1 aliphatic rings. The lowest BCUT2D eigenvalue weighted by Crippen LogP contribution is -2.30. The summed E-state index contributed by atoms with van der Waals surface area (Å²) in [5.74, 6) is -0.763. The second-order valence-electron chi connectivity index (χ2n) is 4.31. The number of carbonyl (C=O) groups is 2. The monoisotopic (exact) mass is 398 g/mol. The van der Waals surface area contributed by atoms with Gasteiger partial charge in [0.25, 0.3) is 11.8 Å². The first-order valence-corrected chi connectivity index (χ1v) is 7.18. The van der Waals surface area contributed by atoms with Crippen LogP contribution >= 0.6 is 34.2 Å². The van der Waals surface area contributed by atoms with Crippen LogP contribution in [0.3, 0.4) is 0 Å². The molecule has 20 heavy (non-hydrogen) atoms. The van der Waals surface area contributed by atoms with Gasteiger partial charge in [0.05, 0.1) is 16.8 Å². The number of nitrogens with zero attached hydrogens (tertiary/aromatic N) is 1. The fourth-order valence-corrected chi connectivity index (χ4v) is 3.31. The van der Waals surface area contributed by atoms with Crippen LogP contribution in [0.4, 0.5) is 11.4 Å². The molecule has 0 aromatic heterocycles. The van der Waals surface area contributed by atoms with Gasteiger partial charge < -0.3 is 5.73 Å². The molecule has 1 heterocycles. The van der Waals surface area contributed by atoms with Crippen LogP contribution in [0.1, 0.15) is 20.7 Å². The van der Waals surface area contributed by atoms with Crippen LogP contribution in [0.5, 0.6) is 0 Å². The molecule has 0 fully saturated rings. The summed E-state index contributed by atoms with van der Waals surface area (Å²) in [4.78, 5) is 26.0. The average molecular weight is 399 g/mol. The highest BCUT2D eigenvalue weighted by atomic mass is 127. The summed E-state index contributed by atoms with van der Waals surface area (Å²) in [6.07, 6.45) is 0. The second-order valence-corrected chi connectivity index (χ2v) is 5.91. The van der Waals surface area contributed by atoms with Gasteiger partial charge in [0.2, 0.25) is 0 Å². The van der Waals surface area contributed by atoms with Gasteiger partial charge in [0.15, 0.2) is 0 Å². The lowest BCUT2D eigenvalue weighted by molar-refractivity contribution is 0.0926. The maximum atomic E-state index is 12.5. The number of carbonyl (C=O) groups excluding carboxylic acids is 2. The van der Waals surface area contributed by atoms with Crippen molar-refractivity contribution in [1.29, 1.82) is 0 Å². The number of imide groups is 1. The number of hydrogen-bond donors (Lipinski definition) is 1. The molecule has 1 aliphatic heterocycles. The van der Waals surface area contributed by atoms with Gasteiger partial charge in [-0.05, 0) is 52.9 Å². The molecule has 2 N–H and O–H groups in total. The van der Waals surface area contributed by atoms with Gasteiger partial charge in [-0.3, -0.25) is 9.59 Å². The Labute approximate surface area is 133 Å². The van der Waals surface area contributed by atoms with Gasteiger partial charge in [-0.1, -0.05) is 17.7 Å². The van der Waals surface area contributed by atoms with E-state index in [9.17, 15) is 9.59 Å². The van der Waals surface area contributed by atoms with Crippen molar-refractivity contribution in [3.05, 3.63) is 56.1 Å². The summed E-state index contributed by atoms with van der Waals surface area (Å²) in [6.45, 7) is 0. The van der Waals surface area contributed by atoms with Crippen molar-refractivity contribution in [2.24, 2.45) is 0 Å². The standard InChI is InChI=1S/C14H8ClIN2O2/c15-7-4-5-11(9(16)6-7)18-13(19)8-2-1-3-10(17)12(8)14(18)20/h1-6H,17H2. The normalized spacial score (nSPS) is 13.8. The topological polar surface area (TPSA) is 63.4 Å². The summed E-state index contributed by atoms with van der Waals surface area (Å²) >= 11 is 7.94. The molecule has 0 radical (unpaired) electrons. The Kier molecular flexibility index (Phi) is 3.18. The molecule has 0 unspecified atom stereocenters. The van der Waals surface area contributed by atoms with Gasteiger partial charge in [-0.15, -0.1) is 0 Å². The molecule has 0 aliphatic carbocycles. The largest absolute Gasteiger partial charge is 0.398 e. The molecular weight excluding hydrogens is 391 g/mol. The first-order valence-electron chi connectivity index (χ1n) is 5.73. The molecule has 2 aromatic rings. The quantitative estimate of drug-likeness (QED) is 0.455. The molecule has 0 spiro atoms. The van der Waals surface area contributed by atoms with Crippen molar-refractivity contribution in [2.45, 2.75) is 0 Å². The van der Waals surface area contributed by atoms with Gasteiger partial charge in [-0.25, -0.2) is 4.90 Å². The molecule has 4 nitrogen and oxygen atoms in total. The number of hydrogen-bond acceptors (Lipinski definition) is 3. The Balaban J connectivity index is 2.17. The SMILES string of the molecule is Nc1cccc2c1C(=O)N(c1ccc(Cl)cc1I)C2=O. The van der Waals surface area contributed by atoms with Gasteiger partial charge >= 0.3 is 0 Å². The molecule has 2 aromatic carbocycles. The Morgan fingerprint density at radius 1 is 1.10 bits per heavy atom. The number of fused-ring (bicyclic) bond motifs is 1. The smallest absolute Gasteiger partial charge is 0.268 e. The molecule has 0 saturated carbocycles. The minimum absolute atomic E-state index is 0.267. The van der Waals surface area contributed by atoms with E-state index in [2.05, 4.69) is 0 Å². The highest BCUT2D eigenvalue weighted by molar-refractivity contribution is 14.1. The predicted molar refractivity (Wildman–Crippen MR) is 86.2 cm³/mol. The third-order valence-corrected chi connectivity index (χ3v) is 4.20. The van der Waals surface area contributed by atoms with E-state index in [4.69, 9.17) is 17.3 Å². The van der Waals surface area contributed by atoms with Crippen molar-refractivity contribution in [3.8, 4) is 0 Å². The maximum Gasteiger partial charge on any atom is 0.268 e. The number of anilines is 2. The lowest BCUT2D eigenvalue weighted by Gasteiger charge is -2.15. The molecule has 0 saturated heterocycles. The predicted octanol–water partition coefficient (Wildman–Crippen LogP) is 3.33. The highest BCUT2D eigenvalue weighted by Gasteiger charge is 2.38. The average Bonchev–Trinajstić information content (AvgIpc) is 2.64. The summed E-state index contributed by atoms with van der Waals surface area (Å²) < 4.78 is 0.725. The van der Waals surface area contributed by atoms with E-state index in [-0.39, 0.29) is 11.5 Å². The molecule has 3 rings (SSSR count). The Morgan fingerprint density at radius 2 is 1.85 bits per heavy atom. The van der Waals surface area contributed by atoms with Crippen LogP contribution in [-0.2, 0) is 0 Å². The minimum atomic E-state index is -0.400. The number of nitrogens with two attached hydrogens (primary N) is 1. The zero-order chi connectivity index (χ0) is 14.4. The molecule has 2 amide bonds. The van der Waals surface area contributed by atoms with E-state index in [0.29, 0.717) is 22.0 Å². The Bertz CT molecular complexity index is 761. The van der Waals surface area contributed by atoms with E-state index in [1.54, 1.807) is 36.4 Å². The lowest BCUT2D eigenvalue weighted by atomic mass is 10.1. The van der Waals surface area contributed by atoms with E-state index >= 15 is 0 Å². The van der Waals surface area contributed by atoms with Gasteiger partial charge in [-0.2, -0.15) is 0 Å². The summed E-state index contributed by atoms with van der Waals surface area (Å²) in [5.41, 5.74) is 7.23. The Morgan fingerprint density at radius 3 is 2.50 bits per heavy atom. The van der Waals surface area contributed by atoms with Crippen LogP contribution in [0.15, 0.2) is 36.4 Å². The van der Waals surface area contributed by atoms with Crippen molar-refractivity contribution in [3.63, 3.8) is 0 Å². The minimum Gasteiger partial charge on any atom is -0.398 e. The van der Waals surface area contributed by atoms with E-state index in [0.717, 1.165) is 8.47 Å². The molecule has 0 bridgehead atoms. The third-order valence-electron chi connectivity index (χ3n) is 3.10. The van der Waals surface area contributed by atoms with Crippen molar-refractivity contribution in [2.75, 3.05) is 10.6 Å². The van der Waals surface area contributed by atoms with Crippen molar-refractivity contribution >= 4 is 57.4 Å². The fraction of sp³-hybridized carbons (Fsp3) is 0. The summed E-state index contributed by atoms with van der Waals surface area (Å²) in [7, 11) is 0. The van der Waals surface area contributed by atoms with Crippen LogP contribution in [0, 0.1) is 3.57 Å². The Hall–Kier alpha value is -1.60. The number of nitrogen functional groups attached to an aromatic ring is 1. The van der Waals surface area contributed by atoms with E-state index in [1.807, 2.05) is 22.6 Å². The summed E-state index contributed by atoms with van der Waals surface area (Å²) in [6, 6.07) is 9.88. The van der Waals surface area contributed by atoms with Gasteiger partial charge in [0, 0.05) is 14.3 Å². The summed E-state index contributed by atoms with van der Waals surface area (Å²) in [5, 5.41) is 0.550. The fourth-order valence-electron chi connectivity index (χ4n) is 2.19. The molecule has 0 atom stereocenters. The van der Waals surface area contributed by atoms with E-state index < -0.39 is 5.91 Å². The number of benzene rings is 2. The zero-order valence-electron chi connectivity index (χ0n) is 10.1. The van der Waals surface area contributed by atoms with Crippen LogP contribution in [0.2, 0.25) is 5.02 Å². The molecule has 6 heteroatoms. The number of amides is 2. The maximum absolute atomic E-state index is 12.5. The zero-order valence-corrected chi connectivity index (χ0v) is 13.0. The van der Waals surface area contributed by atoms with Crippen LogP contribution in [-0.4, -0.2) is 11.8 Å². The number of rotatable bonds is 1. The first-order chi connectivity index (χ1) is 9.50. The second kappa shape index (κ2) is 4.75. The first kappa shape index (κ1) is 13.4. The van der Waals surface area contributed by atoms with Crippen LogP contribution < -0.4 is 10.6 Å². The van der Waals surface area contributed by atoms with Crippen molar-refractivity contribution < 1.29 is 9.59 Å². The van der Waals surface area contributed by atoms with E-state index in [1.165, 1.54) is 0 Å². The number of halogens is 2.